The summed E-state index contributed by atoms with van der Waals surface area (Å²) in [5.74, 6) is -2.43. The van der Waals surface area contributed by atoms with E-state index in [1.54, 1.807) is 12.1 Å². The van der Waals surface area contributed by atoms with Gasteiger partial charge in [-0.2, -0.15) is 4.39 Å². The summed E-state index contributed by atoms with van der Waals surface area (Å²) in [4.78, 5) is 35.6. The predicted octanol–water partition coefficient (Wildman–Crippen LogP) is 3.35. The van der Waals surface area contributed by atoms with Crippen LogP contribution in [0.2, 0.25) is 5.02 Å². The molecule has 1 aliphatic heterocycles. The summed E-state index contributed by atoms with van der Waals surface area (Å²) in [6.45, 7) is -0.00591. The fourth-order valence-corrected chi connectivity index (χ4v) is 2.75. The van der Waals surface area contributed by atoms with Crippen molar-refractivity contribution in [3.05, 3.63) is 63.4 Å². The van der Waals surface area contributed by atoms with Crippen LogP contribution in [-0.4, -0.2) is 23.3 Å². The molecule has 9 heteroatoms. The molecule has 1 amide bonds. The Bertz CT molecular complexity index is 887. The van der Waals surface area contributed by atoms with Gasteiger partial charge in [0.2, 0.25) is 11.7 Å². The van der Waals surface area contributed by atoms with Gasteiger partial charge in [0.25, 0.3) is 0 Å². The number of rotatable bonds is 4. The third-order valence-corrected chi connectivity index (χ3v) is 4.18. The summed E-state index contributed by atoms with van der Waals surface area (Å²) >= 11 is 5.76. The average molecular weight is 379 g/mol. The van der Waals surface area contributed by atoms with Gasteiger partial charge in [-0.25, -0.2) is 0 Å². The normalized spacial score (nSPS) is 16.6. The number of benzene rings is 2. The molecule has 1 unspecified atom stereocenters. The first kappa shape index (κ1) is 17.8. The van der Waals surface area contributed by atoms with E-state index in [0.717, 1.165) is 12.1 Å². The first-order chi connectivity index (χ1) is 12.3. The summed E-state index contributed by atoms with van der Waals surface area (Å²) in [5.41, 5.74) is -0.576. The Morgan fingerprint density at radius 1 is 1.27 bits per heavy atom. The van der Waals surface area contributed by atoms with E-state index < -0.39 is 34.2 Å². The van der Waals surface area contributed by atoms with Gasteiger partial charge in [0.1, 0.15) is 5.75 Å². The van der Waals surface area contributed by atoms with E-state index in [1.165, 1.54) is 23.1 Å². The molecule has 0 N–H and O–H groups in total. The van der Waals surface area contributed by atoms with Crippen molar-refractivity contribution in [3.63, 3.8) is 0 Å². The van der Waals surface area contributed by atoms with Gasteiger partial charge in [-0.15, -0.1) is 0 Å². The summed E-state index contributed by atoms with van der Waals surface area (Å²) in [5, 5.41) is 11.3. The number of amides is 1. The molecule has 1 heterocycles. The standard InChI is InChI=1S/C17H12ClFN2O5/c18-11-1-4-13(5-2-11)26-17(23)10-7-16(22)20(9-10)12-3-6-14(19)15(8-12)21(24)25/h1-6,8,10H,7,9H2. The van der Waals surface area contributed by atoms with Gasteiger partial charge in [0.05, 0.1) is 16.5 Å². The Morgan fingerprint density at radius 2 is 1.96 bits per heavy atom. The number of anilines is 1. The molecule has 1 atom stereocenters. The van der Waals surface area contributed by atoms with Crippen LogP contribution in [0.3, 0.4) is 0 Å². The van der Waals surface area contributed by atoms with Gasteiger partial charge in [-0.3, -0.25) is 19.7 Å². The highest BCUT2D eigenvalue weighted by atomic mass is 35.5. The molecule has 0 spiro atoms. The summed E-state index contributed by atoms with van der Waals surface area (Å²) in [7, 11) is 0. The number of carbonyl (C=O) groups is 2. The van der Waals surface area contributed by atoms with Crippen LogP contribution in [0.4, 0.5) is 15.8 Å². The Kier molecular flexibility index (Phi) is 4.85. The van der Waals surface area contributed by atoms with Crippen molar-refractivity contribution in [2.45, 2.75) is 6.42 Å². The molecule has 1 saturated heterocycles. The third kappa shape index (κ3) is 3.65. The molecule has 134 valence electrons. The second-order valence-corrected chi connectivity index (χ2v) is 6.11. The lowest BCUT2D eigenvalue weighted by Gasteiger charge is -2.16. The van der Waals surface area contributed by atoms with Crippen LogP contribution in [0.1, 0.15) is 6.42 Å². The molecule has 0 bridgehead atoms. The number of nitro benzene ring substituents is 1. The van der Waals surface area contributed by atoms with Gasteiger partial charge in [0, 0.05) is 24.1 Å². The minimum Gasteiger partial charge on any atom is -0.426 e. The maximum atomic E-state index is 13.5. The Labute approximate surface area is 152 Å². The van der Waals surface area contributed by atoms with Crippen molar-refractivity contribution in [2.24, 2.45) is 5.92 Å². The topological polar surface area (TPSA) is 89.8 Å². The monoisotopic (exact) mass is 378 g/mol. The molecule has 0 aliphatic carbocycles. The van der Waals surface area contributed by atoms with Crippen molar-refractivity contribution in [1.29, 1.82) is 0 Å². The molecule has 3 rings (SSSR count). The largest absolute Gasteiger partial charge is 0.426 e. The predicted molar refractivity (Wildman–Crippen MR) is 90.6 cm³/mol. The molecule has 0 aromatic heterocycles. The SMILES string of the molecule is O=C(Oc1ccc(Cl)cc1)C1CC(=O)N(c2ccc(F)c([N+](=O)[O-])c2)C1. The summed E-state index contributed by atoms with van der Waals surface area (Å²) in [6.07, 6.45) is -0.0996. The van der Waals surface area contributed by atoms with Gasteiger partial charge >= 0.3 is 11.7 Å². The third-order valence-electron chi connectivity index (χ3n) is 3.93. The minimum absolute atomic E-state index is 0.00591. The molecule has 7 nitrogen and oxygen atoms in total. The van der Waals surface area contributed by atoms with Crippen molar-refractivity contribution >= 4 is 34.9 Å². The Balaban J connectivity index is 1.74. The quantitative estimate of drug-likeness (QED) is 0.352. The Hall–Kier alpha value is -3.00. The van der Waals surface area contributed by atoms with Gasteiger partial charge in [-0.1, -0.05) is 11.6 Å². The molecular weight excluding hydrogens is 367 g/mol. The molecule has 2 aromatic carbocycles. The summed E-state index contributed by atoms with van der Waals surface area (Å²) in [6, 6.07) is 9.32. The maximum absolute atomic E-state index is 13.5. The van der Waals surface area contributed by atoms with Crippen LogP contribution in [0.5, 0.6) is 5.75 Å². The van der Waals surface area contributed by atoms with E-state index in [1.807, 2.05) is 0 Å². The van der Waals surface area contributed by atoms with Gasteiger partial charge in [-0.05, 0) is 36.4 Å². The first-order valence-corrected chi connectivity index (χ1v) is 7.94. The second-order valence-electron chi connectivity index (χ2n) is 5.67. The van der Waals surface area contributed by atoms with Crippen LogP contribution in [0, 0.1) is 21.8 Å². The molecule has 1 fully saturated rings. The maximum Gasteiger partial charge on any atom is 0.316 e. The lowest BCUT2D eigenvalue weighted by atomic mass is 10.1. The van der Waals surface area contributed by atoms with Crippen molar-refractivity contribution in [1.82, 2.24) is 0 Å². The van der Waals surface area contributed by atoms with Crippen molar-refractivity contribution in [2.75, 3.05) is 11.4 Å². The van der Waals surface area contributed by atoms with Gasteiger partial charge < -0.3 is 9.64 Å². The van der Waals surface area contributed by atoms with Crippen LogP contribution in [0.15, 0.2) is 42.5 Å². The van der Waals surface area contributed by atoms with E-state index in [9.17, 15) is 24.1 Å². The number of carbonyl (C=O) groups excluding carboxylic acids is 2. The number of nitro groups is 1. The fourth-order valence-electron chi connectivity index (χ4n) is 2.63. The number of halogens is 2. The molecule has 0 radical (unpaired) electrons. The number of hydrogen-bond acceptors (Lipinski definition) is 5. The zero-order valence-electron chi connectivity index (χ0n) is 13.2. The highest BCUT2D eigenvalue weighted by Gasteiger charge is 2.37. The number of nitrogens with zero attached hydrogens (tertiary/aromatic N) is 2. The van der Waals surface area contributed by atoms with E-state index in [2.05, 4.69) is 0 Å². The van der Waals surface area contributed by atoms with Crippen LogP contribution >= 0.6 is 11.6 Å². The fraction of sp³-hybridized carbons (Fsp3) is 0.176. The molecule has 0 saturated carbocycles. The zero-order valence-corrected chi connectivity index (χ0v) is 14.0. The van der Waals surface area contributed by atoms with Crippen LogP contribution in [0.25, 0.3) is 0 Å². The van der Waals surface area contributed by atoms with E-state index in [-0.39, 0.29) is 18.7 Å². The lowest BCUT2D eigenvalue weighted by molar-refractivity contribution is -0.387. The van der Waals surface area contributed by atoms with Crippen molar-refractivity contribution < 1.29 is 23.6 Å². The first-order valence-electron chi connectivity index (χ1n) is 7.56. The zero-order chi connectivity index (χ0) is 18.8. The lowest BCUT2D eigenvalue weighted by Crippen LogP contribution is -2.27. The Morgan fingerprint density at radius 3 is 2.62 bits per heavy atom. The summed E-state index contributed by atoms with van der Waals surface area (Å²) < 4.78 is 18.7. The molecular formula is C17H12ClFN2O5. The van der Waals surface area contributed by atoms with E-state index in [4.69, 9.17) is 16.3 Å². The van der Waals surface area contributed by atoms with E-state index >= 15 is 0 Å². The molecule has 26 heavy (non-hydrogen) atoms. The average Bonchev–Trinajstić information content (AvgIpc) is 2.99. The smallest absolute Gasteiger partial charge is 0.316 e. The number of ether oxygens (including phenoxy) is 1. The highest BCUT2D eigenvalue weighted by molar-refractivity contribution is 6.30. The van der Waals surface area contributed by atoms with Gasteiger partial charge in [0.15, 0.2) is 0 Å². The second kappa shape index (κ2) is 7.09. The molecule has 1 aliphatic rings. The van der Waals surface area contributed by atoms with Crippen LogP contribution < -0.4 is 9.64 Å². The minimum atomic E-state index is -0.996. The number of esters is 1. The number of hydrogen-bond donors (Lipinski definition) is 0. The molecule has 2 aromatic rings. The highest BCUT2D eigenvalue weighted by Crippen LogP contribution is 2.30. The van der Waals surface area contributed by atoms with Crippen molar-refractivity contribution in [3.8, 4) is 5.75 Å². The van der Waals surface area contributed by atoms with Crippen LogP contribution in [-0.2, 0) is 9.59 Å². The van der Waals surface area contributed by atoms with E-state index in [0.29, 0.717) is 10.8 Å².